The van der Waals surface area contributed by atoms with Crippen molar-refractivity contribution in [2.45, 2.75) is 187 Å². The number of esters is 2. The zero-order valence-corrected chi connectivity index (χ0v) is 33.5. The molecule has 0 aromatic carbocycles. The third-order valence-corrected chi connectivity index (χ3v) is 9.51. The second kappa shape index (κ2) is 38.0. The molecule has 9 nitrogen and oxygen atoms in total. The van der Waals surface area contributed by atoms with Gasteiger partial charge in [0.05, 0.1) is 13.2 Å². The third kappa shape index (κ3) is 37.8. The summed E-state index contributed by atoms with van der Waals surface area (Å²) < 4.78 is 32.7. The number of hydrogen-bond acceptors (Lipinski definition) is 8. The Bertz CT molecular complexity index is 939. The van der Waals surface area contributed by atoms with Crippen LogP contribution in [-0.2, 0) is 32.7 Å². The summed E-state index contributed by atoms with van der Waals surface area (Å²) in [4.78, 5) is 34.8. The van der Waals surface area contributed by atoms with Crippen LogP contribution in [0.5, 0.6) is 0 Å². The molecule has 0 heterocycles. The Labute approximate surface area is 312 Å². The summed E-state index contributed by atoms with van der Waals surface area (Å²) in [6.45, 7) is 3.66. The number of allylic oxidation sites excluding steroid dienone is 6. The van der Waals surface area contributed by atoms with Crippen molar-refractivity contribution in [2.24, 2.45) is 5.73 Å². The van der Waals surface area contributed by atoms with E-state index in [1.807, 2.05) is 0 Å². The molecule has 0 rings (SSSR count). The Morgan fingerprint density at radius 1 is 0.588 bits per heavy atom. The molecular formula is C41H76NO8P. The Morgan fingerprint density at radius 3 is 1.57 bits per heavy atom. The van der Waals surface area contributed by atoms with Gasteiger partial charge in [-0.1, -0.05) is 147 Å². The minimum Gasteiger partial charge on any atom is -0.462 e. The van der Waals surface area contributed by atoms with E-state index in [4.69, 9.17) is 24.3 Å². The SMILES string of the molecule is CCCC/C=C/CCCCCCCCCCCC(=O)O[C@H](COC(=O)CCCCCCC/C=C/C=C/CCCCCC)COP(=O)(O)OCCN. The van der Waals surface area contributed by atoms with E-state index in [1.54, 1.807) is 0 Å². The number of nitrogens with two attached hydrogens (primary N) is 1. The number of carbonyl (C=O) groups is 2. The lowest BCUT2D eigenvalue weighted by atomic mass is 10.1. The van der Waals surface area contributed by atoms with Crippen LogP contribution in [0.4, 0.5) is 0 Å². The van der Waals surface area contributed by atoms with E-state index in [0.717, 1.165) is 57.8 Å². The molecule has 298 valence electrons. The fourth-order valence-corrected chi connectivity index (χ4v) is 6.19. The van der Waals surface area contributed by atoms with Crippen LogP contribution < -0.4 is 5.73 Å². The predicted molar refractivity (Wildman–Crippen MR) is 210 cm³/mol. The van der Waals surface area contributed by atoms with Crippen LogP contribution in [0.2, 0.25) is 0 Å². The second-order valence-corrected chi connectivity index (χ2v) is 15.0. The molecule has 10 heteroatoms. The molecule has 0 saturated carbocycles. The number of ether oxygens (including phenoxy) is 2. The van der Waals surface area contributed by atoms with Gasteiger partial charge in [0, 0.05) is 19.4 Å². The molecule has 0 bridgehead atoms. The summed E-state index contributed by atoms with van der Waals surface area (Å²) in [6.07, 6.45) is 40.2. The minimum absolute atomic E-state index is 0.0506. The topological polar surface area (TPSA) is 134 Å². The summed E-state index contributed by atoms with van der Waals surface area (Å²) in [5, 5.41) is 0. The van der Waals surface area contributed by atoms with E-state index in [-0.39, 0.29) is 32.6 Å². The Kier molecular flexibility index (Phi) is 36.7. The lowest BCUT2D eigenvalue weighted by Crippen LogP contribution is -2.29. The minimum atomic E-state index is -4.38. The fraction of sp³-hybridized carbons (Fsp3) is 0.805. The zero-order valence-electron chi connectivity index (χ0n) is 32.6. The van der Waals surface area contributed by atoms with E-state index in [0.29, 0.717) is 12.8 Å². The van der Waals surface area contributed by atoms with Gasteiger partial charge in [0.15, 0.2) is 6.10 Å². The molecule has 1 unspecified atom stereocenters. The maximum absolute atomic E-state index is 12.5. The van der Waals surface area contributed by atoms with Crippen molar-refractivity contribution in [1.82, 2.24) is 0 Å². The van der Waals surface area contributed by atoms with Gasteiger partial charge in [0.25, 0.3) is 0 Å². The van der Waals surface area contributed by atoms with Crippen LogP contribution in [0.3, 0.4) is 0 Å². The first-order chi connectivity index (χ1) is 24.8. The molecule has 0 aliphatic carbocycles. The molecule has 3 N–H and O–H groups in total. The average Bonchev–Trinajstić information content (AvgIpc) is 3.11. The first-order valence-electron chi connectivity index (χ1n) is 20.5. The molecule has 0 aliphatic heterocycles. The molecule has 0 amide bonds. The zero-order chi connectivity index (χ0) is 37.5. The highest BCUT2D eigenvalue weighted by atomic mass is 31.2. The van der Waals surface area contributed by atoms with Gasteiger partial charge in [-0.05, 0) is 57.8 Å². The summed E-state index contributed by atoms with van der Waals surface area (Å²) in [5.41, 5.74) is 5.34. The fourth-order valence-electron chi connectivity index (χ4n) is 5.43. The van der Waals surface area contributed by atoms with Crippen molar-refractivity contribution in [3.05, 3.63) is 36.5 Å². The van der Waals surface area contributed by atoms with Crippen LogP contribution in [0.1, 0.15) is 181 Å². The maximum Gasteiger partial charge on any atom is 0.472 e. The van der Waals surface area contributed by atoms with E-state index in [2.05, 4.69) is 50.3 Å². The monoisotopic (exact) mass is 742 g/mol. The average molecular weight is 742 g/mol. The van der Waals surface area contributed by atoms with Gasteiger partial charge >= 0.3 is 19.8 Å². The smallest absolute Gasteiger partial charge is 0.462 e. The molecule has 0 fully saturated rings. The lowest BCUT2D eigenvalue weighted by molar-refractivity contribution is -0.161. The second-order valence-electron chi connectivity index (χ2n) is 13.5. The van der Waals surface area contributed by atoms with Crippen molar-refractivity contribution in [3.8, 4) is 0 Å². The Balaban J connectivity index is 4.21. The van der Waals surface area contributed by atoms with Crippen LogP contribution in [0, 0.1) is 0 Å². The Hall–Kier alpha value is -1.77. The first-order valence-corrected chi connectivity index (χ1v) is 22.0. The summed E-state index contributed by atoms with van der Waals surface area (Å²) in [5.74, 6) is -0.849. The number of unbranched alkanes of at least 4 members (excludes halogenated alkanes) is 20. The molecule has 0 radical (unpaired) electrons. The molecule has 0 aliphatic rings. The quantitative estimate of drug-likeness (QED) is 0.0208. The van der Waals surface area contributed by atoms with E-state index >= 15 is 0 Å². The number of rotatable bonds is 38. The van der Waals surface area contributed by atoms with Gasteiger partial charge in [-0.3, -0.25) is 18.6 Å². The number of phosphoric acid groups is 1. The van der Waals surface area contributed by atoms with Crippen LogP contribution in [-0.4, -0.2) is 49.3 Å². The van der Waals surface area contributed by atoms with Gasteiger partial charge in [-0.25, -0.2) is 4.57 Å². The third-order valence-electron chi connectivity index (χ3n) is 8.53. The highest BCUT2D eigenvalue weighted by Gasteiger charge is 2.26. The highest BCUT2D eigenvalue weighted by Crippen LogP contribution is 2.43. The number of hydrogen-bond donors (Lipinski definition) is 2. The van der Waals surface area contributed by atoms with Crippen molar-refractivity contribution in [2.75, 3.05) is 26.4 Å². The van der Waals surface area contributed by atoms with Gasteiger partial charge in [-0.2, -0.15) is 0 Å². The van der Waals surface area contributed by atoms with Crippen LogP contribution in [0.15, 0.2) is 36.5 Å². The molecule has 0 aromatic rings. The van der Waals surface area contributed by atoms with Crippen molar-refractivity contribution >= 4 is 19.8 Å². The predicted octanol–water partition coefficient (Wildman–Crippen LogP) is 11.4. The molecule has 0 saturated heterocycles. The summed E-state index contributed by atoms with van der Waals surface area (Å²) >= 11 is 0. The van der Waals surface area contributed by atoms with Crippen molar-refractivity contribution < 1.29 is 37.6 Å². The number of phosphoric ester groups is 1. The van der Waals surface area contributed by atoms with Crippen molar-refractivity contribution in [1.29, 1.82) is 0 Å². The van der Waals surface area contributed by atoms with Gasteiger partial charge in [0.1, 0.15) is 6.61 Å². The summed E-state index contributed by atoms with van der Waals surface area (Å²) in [6, 6.07) is 0. The molecule has 0 aromatic heterocycles. The molecule has 2 atom stereocenters. The van der Waals surface area contributed by atoms with Gasteiger partial charge in [-0.15, -0.1) is 0 Å². The maximum atomic E-state index is 12.5. The first kappa shape index (κ1) is 49.2. The standard InChI is InChI=1S/C41H76NO8P/c1-3-5-7-9-11-13-15-17-19-21-23-25-27-29-31-33-40(43)47-37-39(38-49-51(45,46)48-36-35-42)50-41(44)34-32-30-28-26-24-22-20-18-16-14-12-10-8-6-4-2/h10,12-13,15,17,19,39H,3-9,11,14,16,18,20-38,42H2,1-2H3,(H,45,46)/b12-10+,15-13+,19-17+/t39-/m1/s1. The largest absolute Gasteiger partial charge is 0.472 e. The van der Waals surface area contributed by atoms with Crippen LogP contribution in [0.25, 0.3) is 0 Å². The van der Waals surface area contributed by atoms with Crippen molar-refractivity contribution in [3.63, 3.8) is 0 Å². The highest BCUT2D eigenvalue weighted by molar-refractivity contribution is 7.47. The molecule has 51 heavy (non-hydrogen) atoms. The molecular weight excluding hydrogens is 665 g/mol. The van der Waals surface area contributed by atoms with Crippen LogP contribution >= 0.6 is 7.82 Å². The molecule has 0 spiro atoms. The van der Waals surface area contributed by atoms with E-state index in [9.17, 15) is 19.0 Å². The Morgan fingerprint density at radius 2 is 1.04 bits per heavy atom. The van der Waals surface area contributed by atoms with E-state index in [1.165, 1.54) is 83.5 Å². The summed E-state index contributed by atoms with van der Waals surface area (Å²) in [7, 11) is -4.38. The van der Waals surface area contributed by atoms with E-state index < -0.39 is 32.5 Å². The van der Waals surface area contributed by atoms with Gasteiger partial charge < -0.3 is 20.1 Å². The lowest BCUT2D eigenvalue weighted by Gasteiger charge is -2.19. The van der Waals surface area contributed by atoms with Gasteiger partial charge in [0.2, 0.25) is 0 Å². The number of carbonyl (C=O) groups excluding carboxylic acids is 2. The normalized spacial score (nSPS) is 13.7.